The Hall–Kier alpha value is -1.10. The van der Waals surface area contributed by atoms with E-state index in [1.807, 2.05) is 0 Å². The zero-order chi connectivity index (χ0) is 29.5. The minimum absolute atomic E-state index is 0.0838. The van der Waals surface area contributed by atoms with Crippen molar-refractivity contribution in [2.45, 2.75) is 174 Å². The maximum Gasteiger partial charge on any atom is 0.123 e. The van der Waals surface area contributed by atoms with Crippen molar-refractivity contribution in [3.63, 3.8) is 0 Å². The van der Waals surface area contributed by atoms with Crippen LogP contribution in [-0.2, 0) is 26.7 Å². The molecule has 2 atom stereocenters. The average molecular weight is 556 g/mol. The van der Waals surface area contributed by atoms with Crippen molar-refractivity contribution in [2.24, 2.45) is 11.8 Å². The van der Waals surface area contributed by atoms with E-state index in [0.29, 0.717) is 30.0 Å². The Morgan fingerprint density at radius 3 is 1.80 bits per heavy atom. The van der Waals surface area contributed by atoms with E-state index in [0.717, 1.165) is 49.3 Å². The third-order valence-corrected chi connectivity index (χ3v) is 9.87. The van der Waals surface area contributed by atoms with Crippen LogP contribution in [-0.4, -0.2) is 41.1 Å². The highest BCUT2D eigenvalue weighted by Crippen LogP contribution is 2.41. The fraction of sp³-hybridized carbons (Fsp3) is 0.833. The molecule has 4 rings (SSSR count). The number of phenols is 1. The molecule has 3 aliphatic rings. The first-order valence-corrected chi connectivity index (χ1v) is 16.4. The van der Waals surface area contributed by atoms with Crippen molar-refractivity contribution in [1.29, 1.82) is 0 Å². The summed E-state index contributed by atoms with van der Waals surface area (Å²) in [6.45, 7) is 23.3. The van der Waals surface area contributed by atoms with Gasteiger partial charge in [-0.25, -0.2) is 0 Å². The lowest BCUT2D eigenvalue weighted by molar-refractivity contribution is -0.0895. The fourth-order valence-electron chi connectivity index (χ4n) is 8.03. The molecular formula is C36H61NO3. The first-order valence-electron chi connectivity index (χ1n) is 16.4. The van der Waals surface area contributed by atoms with Crippen molar-refractivity contribution >= 4 is 0 Å². The Kier molecular flexibility index (Phi) is 9.45. The zero-order valence-corrected chi connectivity index (χ0v) is 27.6. The lowest BCUT2D eigenvalue weighted by atomic mass is 9.75. The molecule has 1 aromatic carbocycles. The van der Waals surface area contributed by atoms with Crippen molar-refractivity contribution in [2.75, 3.05) is 6.61 Å². The number of aryl methyl sites for hydroxylation is 1. The van der Waals surface area contributed by atoms with Crippen LogP contribution in [0.1, 0.15) is 144 Å². The Labute approximate surface area is 246 Å². The summed E-state index contributed by atoms with van der Waals surface area (Å²) in [5.41, 5.74) is 3.58. The lowest BCUT2D eigenvalue weighted by Crippen LogP contribution is -2.60. The van der Waals surface area contributed by atoms with Crippen LogP contribution in [0.4, 0.5) is 0 Å². The van der Waals surface area contributed by atoms with E-state index in [1.165, 1.54) is 44.1 Å². The van der Waals surface area contributed by atoms with Gasteiger partial charge in [-0.1, -0.05) is 53.7 Å². The van der Waals surface area contributed by atoms with Gasteiger partial charge in [0.25, 0.3) is 0 Å². The summed E-state index contributed by atoms with van der Waals surface area (Å²) in [6.07, 6.45) is 12.9. The number of benzene rings is 1. The SMILES string of the molecule is CC1(C)CC(OC2CCC(C3CCC(CCc4cc(C(C)(C)C)c(O)c(C(C)(C)C)c4)OC3)CC2)CC(C)(C)N1. The van der Waals surface area contributed by atoms with Crippen LogP contribution in [0.3, 0.4) is 0 Å². The van der Waals surface area contributed by atoms with Crippen LogP contribution >= 0.6 is 0 Å². The Bertz CT molecular complexity index is 931. The van der Waals surface area contributed by atoms with E-state index in [-0.39, 0.29) is 21.9 Å². The molecule has 4 heteroatoms. The molecule has 1 aliphatic carbocycles. The smallest absolute Gasteiger partial charge is 0.123 e. The fourth-order valence-corrected chi connectivity index (χ4v) is 8.03. The number of aromatic hydroxyl groups is 1. The number of phenolic OH excluding ortho intramolecular Hbond substituents is 1. The summed E-state index contributed by atoms with van der Waals surface area (Å²) < 4.78 is 13.2. The molecule has 2 N–H and O–H groups in total. The molecule has 2 heterocycles. The van der Waals surface area contributed by atoms with Crippen molar-refractivity contribution in [3.05, 3.63) is 28.8 Å². The minimum atomic E-state index is -0.0838. The van der Waals surface area contributed by atoms with Gasteiger partial charge in [-0.3, -0.25) is 0 Å². The molecule has 40 heavy (non-hydrogen) atoms. The molecule has 0 amide bonds. The van der Waals surface area contributed by atoms with Crippen LogP contribution in [0.2, 0.25) is 0 Å². The quantitative estimate of drug-likeness (QED) is 0.369. The number of hydrogen-bond donors (Lipinski definition) is 2. The summed E-state index contributed by atoms with van der Waals surface area (Å²) in [5, 5.41) is 14.8. The average Bonchev–Trinajstić information content (AvgIpc) is 2.81. The first-order chi connectivity index (χ1) is 18.4. The van der Waals surface area contributed by atoms with E-state index in [1.54, 1.807) is 0 Å². The molecule has 2 aliphatic heterocycles. The van der Waals surface area contributed by atoms with E-state index in [2.05, 4.69) is 86.7 Å². The van der Waals surface area contributed by atoms with Crippen LogP contribution in [0.5, 0.6) is 5.75 Å². The Morgan fingerprint density at radius 1 is 0.800 bits per heavy atom. The number of rotatable bonds is 6. The van der Waals surface area contributed by atoms with Crippen molar-refractivity contribution < 1.29 is 14.6 Å². The Morgan fingerprint density at radius 2 is 1.32 bits per heavy atom. The monoisotopic (exact) mass is 555 g/mol. The predicted molar refractivity (Wildman–Crippen MR) is 167 cm³/mol. The van der Waals surface area contributed by atoms with Gasteiger partial charge in [0, 0.05) is 11.1 Å². The maximum atomic E-state index is 11.1. The largest absolute Gasteiger partial charge is 0.507 e. The number of ether oxygens (including phenoxy) is 2. The van der Waals surface area contributed by atoms with E-state index in [9.17, 15) is 5.11 Å². The second kappa shape index (κ2) is 11.9. The highest BCUT2D eigenvalue weighted by Gasteiger charge is 2.40. The zero-order valence-electron chi connectivity index (χ0n) is 27.6. The van der Waals surface area contributed by atoms with Crippen LogP contribution < -0.4 is 5.32 Å². The molecule has 1 aromatic rings. The van der Waals surface area contributed by atoms with Gasteiger partial charge < -0.3 is 19.9 Å². The standard InChI is InChI=1S/C36H61NO3/c1-33(2,3)30-19-24(20-31(32(30)38)34(4,5)6)11-15-27-16-14-26(23-39-27)25-12-17-28(18-13-25)40-29-21-35(7,8)37-36(9,10)22-29/h19-20,25-29,37-38H,11-18,21-23H2,1-10H3. The van der Waals surface area contributed by atoms with Crippen LogP contribution in [0.25, 0.3) is 0 Å². The summed E-state index contributed by atoms with van der Waals surface area (Å²) in [6, 6.07) is 4.48. The van der Waals surface area contributed by atoms with Crippen molar-refractivity contribution in [1.82, 2.24) is 5.32 Å². The van der Waals surface area contributed by atoms with Gasteiger partial charge in [0.15, 0.2) is 0 Å². The highest BCUT2D eigenvalue weighted by atomic mass is 16.5. The number of piperidine rings is 1. The predicted octanol–water partition coefficient (Wildman–Crippen LogP) is 8.60. The molecule has 0 spiro atoms. The first kappa shape index (κ1) is 31.8. The van der Waals surface area contributed by atoms with Crippen LogP contribution in [0.15, 0.2) is 12.1 Å². The highest BCUT2D eigenvalue weighted by molar-refractivity contribution is 5.50. The van der Waals surface area contributed by atoms with E-state index < -0.39 is 0 Å². The van der Waals surface area contributed by atoms with E-state index >= 15 is 0 Å². The van der Waals surface area contributed by atoms with Gasteiger partial charge in [0.05, 0.1) is 24.9 Å². The summed E-state index contributed by atoms with van der Waals surface area (Å²) in [4.78, 5) is 0. The van der Waals surface area contributed by atoms with Crippen LogP contribution in [0, 0.1) is 11.8 Å². The minimum Gasteiger partial charge on any atom is -0.507 e. The van der Waals surface area contributed by atoms with Gasteiger partial charge in [-0.2, -0.15) is 0 Å². The third-order valence-electron chi connectivity index (χ3n) is 9.87. The number of hydrogen-bond acceptors (Lipinski definition) is 4. The summed E-state index contributed by atoms with van der Waals surface area (Å²) >= 11 is 0. The van der Waals surface area contributed by atoms with Gasteiger partial charge in [-0.05, 0) is 131 Å². The third kappa shape index (κ3) is 8.26. The second-order valence-electron chi connectivity index (χ2n) is 17.0. The second-order valence-corrected chi connectivity index (χ2v) is 17.0. The van der Waals surface area contributed by atoms with Crippen molar-refractivity contribution in [3.8, 4) is 5.75 Å². The molecule has 2 saturated heterocycles. The van der Waals surface area contributed by atoms with E-state index in [4.69, 9.17) is 9.47 Å². The molecule has 2 unspecified atom stereocenters. The molecule has 0 aromatic heterocycles. The topological polar surface area (TPSA) is 50.7 Å². The van der Waals surface area contributed by atoms with Gasteiger partial charge in [0.2, 0.25) is 0 Å². The van der Waals surface area contributed by atoms with Gasteiger partial charge in [0.1, 0.15) is 5.75 Å². The molecule has 0 bridgehead atoms. The summed E-state index contributed by atoms with van der Waals surface area (Å²) in [5.74, 6) is 1.98. The molecule has 228 valence electrons. The molecule has 0 radical (unpaired) electrons. The molecule has 4 nitrogen and oxygen atoms in total. The maximum absolute atomic E-state index is 11.1. The molecular weight excluding hydrogens is 494 g/mol. The van der Waals surface area contributed by atoms with Gasteiger partial charge in [-0.15, -0.1) is 0 Å². The number of nitrogens with one attached hydrogen (secondary N) is 1. The molecule has 1 saturated carbocycles. The van der Waals surface area contributed by atoms with Gasteiger partial charge >= 0.3 is 0 Å². The summed E-state index contributed by atoms with van der Waals surface area (Å²) in [7, 11) is 0. The normalized spacial score (nSPS) is 29.9. The molecule has 3 fully saturated rings. The Balaban J connectivity index is 1.24. The lowest BCUT2D eigenvalue weighted by Gasteiger charge is -2.47.